The van der Waals surface area contributed by atoms with E-state index < -0.39 is 5.41 Å². The Labute approximate surface area is 160 Å². The Morgan fingerprint density at radius 1 is 1.31 bits per heavy atom. The Balaban J connectivity index is 2.54. The number of hydrogen-bond acceptors (Lipinski definition) is 5. The second kappa shape index (κ2) is 8.60. The number of rotatable bonds is 6. The summed E-state index contributed by atoms with van der Waals surface area (Å²) >= 11 is 2.77. The van der Waals surface area contributed by atoms with Crippen LogP contribution in [0.5, 0.6) is 0 Å². The van der Waals surface area contributed by atoms with Crippen molar-refractivity contribution in [1.29, 1.82) is 0 Å². The molecule has 0 radical (unpaired) electrons. The Morgan fingerprint density at radius 2 is 2.04 bits per heavy atom. The highest BCUT2D eigenvalue weighted by molar-refractivity contribution is 7.11. The lowest BCUT2D eigenvalue weighted by Gasteiger charge is -2.12. The zero-order chi connectivity index (χ0) is 19.3. The third-order valence-electron chi connectivity index (χ3n) is 3.62. The number of ketones is 1. The molecular formula is C19H24N2O3S2. The monoisotopic (exact) mass is 392 g/mol. The smallest absolute Gasteiger partial charge is 0.269 e. The SMILES string of the molecule is CCCNC(=O)Cn1c(=O)/c(=C\c2cccs2)s/c1=C\C(=O)C(C)(C)C. The first-order valence-electron chi connectivity index (χ1n) is 8.50. The van der Waals surface area contributed by atoms with Gasteiger partial charge in [0.15, 0.2) is 5.78 Å². The number of nitrogens with zero attached hydrogens (tertiary/aromatic N) is 1. The number of carbonyl (C=O) groups is 2. The van der Waals surface area contributed by atoms with Gasteiger partial charge in [-0.3, -0.25) is 19.0 Å². The average molecular weight is 393 g/mol. The Kier molecular flexibility index (Phi) is 6.72. The summed E-state index contributed by atoms with van der Waals surface area (Å²) in [6.45, 7) is 7.92. The van der Waals surface area contributed by atoms with E-state index in [4.69, 9.17) is 0 Å². The van der Waals surface area contributed by atoms with Crippen LogP contribution in [0.15, 0.2) is 22.3 Å². The van der Waals surface area contributed by atoms with E-state index in [1.165, 1.54) is 33.3 Å². The maximum Gasteiger partial charge on any atom is 0.269 e. The minimum atomic E-state index is -0.549. The van der Waals surface area contributed by atoms with E-state index in [1.54, 1.807) is 6.08 Å². The number of amides is 1. The highest BCUT2D eigenvalue weighted by Crippen LogP contribution is 2.15. The van der Waals surface area contributed by atoms with E-state index in [0.717, 1.165) is 11.3 Å². The van der Waals surface area contributed by atoms with E-state index in [9.17, 15) is 14.4 Å². The summed E-state index contributed by atoms with van der Waals surface area (Å²) in [5, 5.41) is 4.71. The van der Waals surface area contributed by atoms with Crippen molar-refractivity contribution in [1.82, 2.24) is 9.88 Å². The largest absolute Gasteiger partial charge is 0.355 e. The molecule has 0 saturated heterocycles. The standard InChI is InChI=1S/C19H24N2O3S2/c1-5-8-20-16(23)12-21-17(11-15(22)19(2,3)4)26-14(18(21)24)10-13-7-6-9-25-13/h6-7,9-11H,5,8,12H2,1-4H3,(H,20,23)/b14-10+,17-11-. The number of thiophene rings is 1. The van der Waals surface area contributed by atoms with Gasteiger partial charge in [-0.15, -0.1) is 22.7 Å². The van der Waals surface area contributed by atoms with E-state index >= 15 is 0 Å². The molecule has 5 nitrogen and oxygen atoms in total. The van der Waals surface area contributed by atoms with Gasteiger partial charge < -0.3 is 5.32 Å². The van der Waals surface area contributed by atoms with E-state index in [0.29, 0.717) is 15.7 Å². The van der Waals surface area contributed by atoms with Crippen LogP contribution in [0.25, 0.3) is 12.2 Å². The van der Waals surface area contributed by atoms with Gasteiger partial charge in [0.2, 0.25) is 5.91 Å². The molecule has 7 heteroatoms. The van der Waals surface area contributed by atoms with Crippen molar-refractivity contribution in [3.05, 3.63) is 41.9 Å². The maximum absolute atomic E-state index is 12.8. The Bertz CT molecular complexity index is 945. The maximum atomic E-state index is 12.8. The van der Waals surface area contributed by atoms with Crippen LogP contribution < -0.4 is 20.1 Å². The van der Waals surface area contributed by atoms with Crippen LogP contribution in [0.4, 0.5) is 0 Å². The molecule has 2 aromatic heterocycles. The number of aromatic nitrogens is 1. The van der Waals surface area contributed by atoms with Gasteiger partial charge in [-0.2, -0.15) is 0 Å². The number of thiazole rings is 1. The lowest BCUT2D eigenvalue weighted by atomic mass is 9.91. The van der Waals surface area contributed by atoms with Crippen LogP contribution in [0.3, 0.4) is 0 Å². The van der Waals surface area contributed by atoms with Crippen molar-refractivity contribution in [3.63, 3.8) is 0 Å². The predicted octanol–water partition coefficient (Wildman–Crippen LogP) is 1.72. The molecule has 1 N–H and O–H groups in total. The summed E-state index contributed by atoms with van der Waals surface area (Å²) in [4.78, 5) is 38.3. The lowest BCUT2D eigenvalue weighted by molar-refractivity contribution is -0.122. The highest BCUT2D eigenvalue weighted by Gasteiger charge is 2.20. The molecule has 0 saturated carbocycles. The van der Waals surface area contributed by atoms with E-state index in [1.807, 2.05) is 45.2 Å². The van der Waals surface area contributed by atoms with Gasteiger partial charge in [0.05, 0.1) is 4.53 Å². The molecule has 26 heavy (non-hydrogen) atoms. The van der Waals surface area contributed by atoms with Crippen molar-refractivity contribution < 1.29 is 9.59 Å². The third kappa shape index (κ3) is 5.25. The van der Waals surface area contributed by atoms with Crippen LogP contribution in [-0.4, -0.2) is 22.8 Å². The second-order valence-corrected chi connectivity index (χ2v) is 9.01. The first-order valence-corrected chi connectivity index (χ1v) is 10.2. The molecule has 140 valence electrons. The van der Waals surface area contributed by atoms with Gasteiger partial charge in [0.25, 0.3) is 5.56 Å². The molecule has 0 aliphatic heterocycles. The molecule has 0 atom stereocenters. The highest BCUT2D eigenvalue weighted by atomic mass is 32.1. The van der Waals surface area contributed by atoms with Crippen LogP contribution >= 0.6 is 22.7 Å². The van der Waals surface area contributed by atoms with Crippen LogP contribution in [0.1, 0.15) is 39.0 Å². The zero-order valence-corrected chi connectivity index (χ0v) is 17.1. The number of Topliss-reactive ketones (excluding diaryl/α,β-unsaturated/α-hetero) is 1. The van der Waals surface area contributed by atoms with Gasteiger partial charge >= 0.3 is 0 Å². The zero-order valence-electron chi connectivity index (χ0n) is 15.5. The molecular weight excluding hydrogens is 368 g/mol. The fourth-order valence-electron chi connectivity index (χ4n) is 2.09. The topological polar surface area (TPSA) is 68.2 Å². The number of nitrogens with one attached hydrogen (secondary N) is 1. The van der Waals surface area contributed by atoms with Crippen LogP contribution in [0, 0.1) is 5.41 Å². The van der Waals surface area contributed by atoms with E-state index in [2.05, 4.69) is 5.32 Å². The van der Waals surface area contributed by atoms with Gasteiger partial charge in [-0.05, 0) is 23.9 Å². The summed E-state index contributed by atoms with van der Waals surface area (Å²) in [6, 6.07) is 3.84. The molecule has 0 bridgehead atoms. The summed E-state index contributed by atoms with van der Waals surface area (Å²) in [5.41, 5.74) is -0.796. The second-order valence-electron chi connectivity index (χ2n) is 6.96. The number of carbonyl (C=O) groups excluding carboxylic acids is 2. The molecule has 0 unspecified atom stereocenters. The fraction of sp³-hybridized carbons (Fsp3) is 0.421. The summed E-state index contributed by atoms with van der Waals surface area (Å²) in [5.74, 6) is -0.309. The fourth-order valence-corrected chi connectivity index (χ4v) is 3.85. The molecule has 0 spiro atoms. The molecule has 0 aliphatic rings. The number of hydrogen-bond donors (Lipinski definition) is 1. The quantitative estimate of drug-likeness (QED) is 0.814. The van der Waals surface area contributed by atoms with Crippen molar-refractivity contribution in [2.45, 2.75) is 40.7 Å². The normalized spacial score (nSPS) is 13.2. The predicted molar refractivity (Wildman–Crippen MR) is 108 cm³/mol. The first kappa shape index (κ1) is 20.3. The van der Waals surface area contributed by atoms with Gasteiger partial charge in [-0.25, -0.2) is 0 Å². The molecule has 2 rings (SSSR count). The summed E-state index contributed by atoms with van der Waals surface area (Å²) in [7, 11) is 0. The Hall–Kier alpha value is -1.99. The third-order valence-corrected chi connectivity index (χ3v) is 5.50. The lowest BCUT2D eigenvalue weighted by Crippen LogP contribution is -2.38. The van der Waals surface area contributed by atoms with Crippen molar-refractivity contribution >= 4 is 46.5 Å². The molecule has 0 aliphatic carbocycles. The molecule has 0 aromatic carbocycles. The molecule has 2 aromatic rings. The average Bonchev–Trinajstić information content (AvgIpc) is 3.16. The first-order chi connectivity index (χ1) is 12.2. The van der Waals surface area contributed by atoms with Gasteiger partial charge in [0, 0.05) is 22.9 Å². The van der Waals surface area contributed by atoms with Gasteiger partial charge in [0.1, 0.15) is 11.2 Å². The van der Waals surface area contributed by atoms with Crippen LogP contribution in [0.2, 0.25) is 0 Å². The molecule has 1 amide bonds. The molecule has 2 heterocycles. The summed E-state index contributed by atoms with van der Waals surface area (Å²) in [6.07, 6.45) is 4.10. The van der Waals surface area contributed by atoms with Gasteiger partial charge in [-0.1, -0.05) is 33.8 Å². The summed E-state index contributed by atoms with van der Waals surface area (Å²) < 4.78 is 2.41. The van der Waals surface area contributed by atoms with Crippen molar-refractivity contribution in [2.75, 3.05) is 6.54 Å². The van der Waals surface area contributed by atoms with E-state index in [-0.39, 0.29) is 23.8 Å². The van der Waals surface area contributed by atoms with Crippen molar-refractivity contribution in [3.8, 4) is 0 Å². The Morgan fingerprint density at radius 3 is 2.62 bits per heavy atom. The van der Waals surface area contributed by atoms with Crippen LogP contribution in [-0.2, 0) is 16.1 Å². The van der Waals surface area contributed by atoms with Crippen molar-refractivity contribution in [2.24, 2.45) is 5.41 Å². The minimum Gasteiger partial charge on any atom is -0.355 e. The molecule has 0 fully saturated rings. The minimum absolute atomic E-state index is 0.0795.